The molecule has 94 valence electrons. The third-order valence-electron chi connectivity index (χ3n) is 3.75. The van der Waals surface area contributed by atoms with Gasteiger partial charge in [-0.15, -0.1) is 11.3 Å². The van der Waals surface area contributed by atoms with Gasteiger partial charge in [0, 0.05) is 44.6 Å². The smallest absolute Gasteiger partial charge is 0.0302 e. The molecule has 4 heteroatoms. The Kier molecular flexibility index (Phi) is 3.64. The molecule has 1 saturated heterocycles. The van der Waals surface area contributed by atoms with E-state index in [1.165, 1.54) is 24.1 Å². The molecule has 2 nitrogen and oxygen atoms in total. The average molecular weight is 269 g/mol. The van der Waals surface area contributed by atoms with Crippen molar-refractivity contribution >= 4 is 22.1 Å². The van der Waals surface area contributed by atoms with E-state index in [2.05, 4.69) is 11.4 Å². The molecule has 1 aromatic rings. The van der Waals surface area contributed by atoms with Crippen molar-refractivity contribution in [1.29, 1.82) is 0 Å². The molecule has 1 N–H and O–H groups in total. The summed E-state index contributed by atoms with van der Waals surface area (Å²) >= 11 is 1.99. The molecule has 0 radical (unpaired) electrons. The molecule has 0 aromatic carbocycles. The number of nitrogens with one attached hydrogen (secondary N) is 1. The summed E-state index contributed by atoms with van der Waals surface area (Å²) in [4.78, 5) is 3.10. The molecule has 0 amide bonds. The lowest BCUT2D eigenvalue weighted by Gasteiger charge is -2.22. The monoisotopic (exact) mass is 269 g/mol. The molecular formula is C13H19NOS2. The van der Waals surface area contributed by atoms with Crippen molar-refractivity contribution in [2.24, 2.45) is 0 Å². The van der Waals surface area contributed by atoms with Crippen LogP contribution in [-0.2, 0) is 30.2 Å². The van der Waals surface area contributed by atoms with Gasteiger partial charge in [-0.3, -0.25) is 4.21 Å². The van der Waals surface area contributed by atoms with Crippen LogP contribution < -0.4 is 5.32 Å². The van der Waals surface area contributed by atoms with E-state index in [0.717, 1.165) is 30.9 Å². The Balaban J connectivity index is 1.52. The van der Waals surface area contributed by atoms with E-state index in [1.807, 2.05) is 11.3 Å². The second-order valence-corrected chi connectivity index (χ2v) is 7.94. The second-order valence-electron chi connectivity index (χ2n) is 5.02. The molecule has 17 heavy (non-hydrogen) atoms. The van der Waals surface area contributed by atoms with E-state index < -0.39 is 10.8 Å². The maximum Gasteiger partial charge on any atom is 0.0302 e. The predicted molar refractivity (Wildman–Crippen MR) is 74.1 cm³/mol. The summed E-state index contributed by atoms with van der Waals surface area (Å²) in [5, 5.41) is 3.62. The zero-order valence-electron chi connectivity index (χ0n) is 10.0. The first-order valence-electron chi connectivity index (χ1n) is 6.50. The van der Waals surface area contributed by atoms with E-state index in [-0.39, 0.29) is 0 Å². The standard InChI is InChI=1S/C13H19NOS2/c15-17-6-4-11(5-7-17)14-9-12-8-10-2-1-3-13(10)16-12/h8,11,14H,1-7,9H2. The zero-order valence-corrected chi connectivity index (χ0v) is 11.7. The highest BCUT2D eigenvalue weighted by Gasteiger charge is 2.18. The Morgan fingerprint density at radius 1 is 1.35 bits per heavy atom. The fourth-order valence-electron chi connectivity index (χ4n) is 2.72. The first kappa shape index (κ1) is 11.9. The highest BCUT2D eigenvalue weighted by molar-refractivity contribution is 7.85. The SMILES string of the molecule is O=S1CCC(NCc2cc3c(s2)CCC3)CC1. The number of hydrogen-bond acceptors (Lipinski definition) is 3. The van der Waals surface area contributed by atoms with Gasteiger partial charge in [0.15, 0.2) is 0 Å². The summed E-state index contributed by atoms with van der Waals surface area (Å²) < 4.78 is 11.3. The van der Waals surface area contributed by atoms with Crippen molar-refractivity contribution in [2.75, 3.05) is 11.5 Å². The number of thiophene rings is 1. The summed E-state index contributed by atoms with van der Waals surface area (Å²) in [5.74, 6) is 1.78. The molecule has 1 aliphatic heterocycles. The minimum absolute atomic E-state index is 0.538. The maximum absolute atomic E-state index is 11.3. The van der Waals surface area contributed by atoms with Crippen molar-refractivity contribution in [1.82, 2.24) is 5.32 Å². The molecule has 0 atom stereocenters. The zero-order chi connectivity index (χ0) is 11.7. The largest absolute Gasteiger partial charge is 0.309 e. The maximum atomic E-state index is 11.3. The quantitative estimate of drug-likeness (QED) is 0.912. The summed E-state index contributed by atoms with van der Waals surface area (Å²) in [6.07, 6.45) is 6.09. The molecule has 3 rings (SSSR count). The van der Waals surface area contributed by atoms with Crippen LogP contribution in [0.3, 0.4) is 0 Å². The van der Waals surface area contributed by atoms with Crippen LogP contribution in [0.4, 0.5) is 0 Å². The highest BCUT2D eigenvalue weighted by atomic mass is 32.2. The van der Waals surface area contributed by atoms with Gasteiger partial charge in [-0.2, -0.15) is 0 Å². The van der Waals surface area contributed by atoms with E-state index in [4.69, 9.17) is 0 Å². The van der Waals surface area contributed by atoms with Gasteiger partial charge >= 0.3 is 0 Å². The van der Waals surface area contributed by atoms with E-state index in [1.54, 1.807) is 10.4 Å². The first-order valence-corrected chi connectivity index (χ1v) is 8.80. The van der Waals surface area contributed by atoms with Crippen LogP contribution in [0.15, 0.2) is 6.07 Å². The second kappa shape index (κ2) is 5.21. The first-order chi connectivity index (χ1) is 8.31. The molecule has 0 spiro atoms. The summed E-state index contributed by atoms with van der Waals surface area (Å²) in [7, 11) is -0.538. The minimum Gasteiger partial charge on any atom is -0.309 e. The summed E-state index contributed by atoms with van der Waals surface area (Å²) in [6, 6.07) is 2.98. The van der Waals surface area contributed by atoms with E-state index in [9.17, 15) is 4.21 Å². The van der Waals surface area contributed by atoms with Crippen molar-refractivity contribution in [2.45, 2.75) is 44.7 Å². The van der Waals surface area contributed by atoms with Crippen molar-refractivity contribution < 1.29 is 4.21 Å². The van der Waals surface area contributed by atoms with Crippen molar-refractivity contribution in [3.05, 3.63) is 21.4 Å². The van der Waals surface area contributed by atoms with Gasteiger partial charge in [-0.25, -0.2) is 0 Å². The molecule has 0 unspecified atom stereocenters. The van der Waals surface area contributed by atoms with Gasteiger partial charge in [0.25, 0.3) is 0 Å². The number of rotatable bonds is 3. The molecule has 0 saturated carbocycles. The van der Waals surface area contributed by atoms with Gasteiger partial charge in [0.1, 0.15) is 0 Å². The van der Waals surface area contributed by atoms with Gasteiger partial charge in [-0.05, 0) is 43.7 Å². The molecule has 0 bridgehead atoms. The lowest BCUT2D eigenvalue weighted by atomic mass is 10.1. The van der Waals surface area contributed by atoms with Crippen LogP contribution in [0, 0.1) is 0 Å². The summed E-state index contributed by atoms with van der Waals surface area (Å²) in [6.45, 7) is 1.01. The van der Waals surface area contributed by atoms with Gasteiger partial charge in [0.2, 0.25) is 0 Å². The van der Waals surface area contributed by atoms with Gasteiger partial charge in [-0.1, -0.05) is 0 Å². The number of aryl methyl sites for hydroxylation is 2. The lowest BCUT2D eigenvalue weighted by molar-refractivity contribution is 0.477. The highest BCUT2D eigenvalue weighted by Crippen LogP contribution is 2.30. The normalized spacial score (nSPS) is 28.2. The van der Waals surface area contributed by atoms with Crippen molar-refractivity contribution in [3.8, 4) is 0 Å². The number of fused-ring (bicyclic) bond motifs is 1. The molecular weight excluding hydrogens is 250 g/mol. The third-order valence-corrected chi connectivity index (χ3v) is 6.37. The number of hydrogen-bond donors (Lipinski definition) is 1. The van der Waals surface area contributed by atoms with Gasteiger partial charge in [0.05, 0.1) is 0 Å². The lowest BCUT2D eigenvalue weighted by Crippen LogP contribution is -2.35. The molecule has 1 aromatic heterocycles. The van der Waals surface area contributed by atoms with Crippen molar-refractivity contribution in [3.63, 3.8) is 0 Å². The average Bonchev–Trinajstić information content (AvgIpc) is 2.88. The van der Waals surface area contributed by atoms with Crippen LogP contribution in [-0.4, -0.2) is 21.8 Å². The Morgan fingerprint density at radius 3 is 2.94 bits per heavy atom. The minimum atomic E-state index is -0.538. The Morgan fingerprint density at radius 2 is 2.18 bits per heavy atom. The fraction of sp³-hybridized carbons (Fsp3) is 0.692. The van der Waals surface area contributed by atoms with Crippen LogP contribution in [0.5, 0.6) is 0 Å². The Bertz CT molecular complexity index is 396. The van der Waals surface area contributed by atoms with E-state index >= 15 is 0 Å². The molecule has 2 heterocycles. The molecule has 1 aliphatic carbocycles. The predicted octanol–water partition coefficient (Wildman–Crippen LogP) is 2.24. The van der Waals surface area contributed by atoms with E-state index in [0.29, 0.717) is 6.04 Å². The molecule has 1 fully saturated rings. The van der Waals surface area contributed by atoms with Crippen LogP contribution in [0.2, 0.25) is 0 Å². The van der Waals surface area contributed by atoms with Gasteiger partial charge < -0.3 is 5.32 Å². The van der Waals surface area contributed by atoms with Crippen LogP contribution >= 0.6 is 11.3 Å². The Hall–Kier alpha value is -0.190. The van der Waals surface area contributed by atoms with Crippen LogP contribution in [0.25, 0.3) is 0 Å². The molecule has 2 aliphatic rings. The van der Waals surface area contributed by atoms with Crippen LogP contribution in [0.1, 0.15) is 34.6 Å². The summed E-state index contributed by atoms with van der Waals surface area (Å²) in [5.41, 5.74) is 1.59. The third kappa shape index (κ3) is 2.80. The fourth-order valence-corrected chi connectivity index (χ4v) is 5.23. The Labute approximate surface area is 109 Å². The topological polar surface area (TPSA) is 29.1 Å².